The highest BCUT2D eigenvalue weighted by Gasteiger charge is 2.19. The van der Waals surface area contributed by atoms with Crippen LogP contribution in [0.25, 0.3) is 0 Å². The Balaban J connectivity index is 3.21. The van der Waals surface area contributed by atoms with Crippen LogP contribution in [0.2, 0.25) is 0 Å². The summed E-state index contributed by atoms with van der Waals surface area (Å²) in [5.74, 6) is 1.56. The monoisotopic (exact) mass is 206 g/mol. The van der Waals surface area contributed by atoms with Gasteiger partial charge in [0.1, 0.15) is 5.75 Å². The van der Waals surface area contributed by atoms with E-state index < -0.39 is 0 Å². The first-order valence-corrected chi connectivity index (χ1v) is 5.54. The van der Waals surface area contributed by atoms with Gasteiger partial charge in [-0.3, -0.25) is 0 Å². The van der Waals surface area contributed by atoms with E-state index in [0.717, 1.165) is 5.75 Å². The minimum Gasteiger partial charge on any atom is -0.496 e. The first-order chi connectivity index (χ1) is 6.86. The molecule has 0 spiro atoms. The van der Waals surface area contributed by atoms with Gasteiger partial charge in [0.05, 0.1) is 7.11 Å². The van der Waals surface area contributed by atoms with Crippen LogP contribution in [-0.2, 0) is 5.41 Å². The van der Waals surface area contributed by atoms with Crippen LogP contribution in [0.3, 0.4) is 0 Å². The van der Waals surface area contributed by atoms with Gasteiger partial charge in [0.2, 0.25) is 0 Å². The van der Waals surface area contributed by atoms with Crippen LogP contribution in [-0.4, -0.2) is 7.11 Å². The number of hydrogen-bond acceptors (Lipinski definition) is 1. The van der Waals surface area contributed by atoms with Gasteiger partial charge in [-0.1, -0.05) is 46.8 Å². The van der Waals surface area contributed by atoms with Gasteiger partial charge >= 0.3 is 0 Å². The summed E-state index contributed by atoms with van der Waals surface area (Å²) in [5.41, 5.74) is 2.75. The molecule has 1 nitrogen and oxygen atoms in total. The van der Waals surface area contributed by atoms with Crippen LogP contribution in [0, 0.1) is 0 Å². The van der Waals surface area contributed by atoms with E-state index in [2.05, 4.69) is 52.8 Å². The van der Waals surface area contributed by atoms with Crippen LogP contribution >= 0.6 is 0 Å². The molecule has 1 aromatic carbocycles. The van der Waals surface area contributed by atoms with Gasteiger partial charge in [0.15, 0.2) is 0 Å². The standard InChI is InChI=1S/C14H22O/c1-10(2)11-7-8-12(14(3,4)5)13(9-11)15-6/h7-10H,1-6H3. The lowest BCUT2D eigenvalue weighted by atomic mass is 9.85. The summed E-state index contributed by atoms with van der Waals surface area (Å²) in [6.45, 7) is 11.0. The fraction of sp³-hybridized carbons (Fsp3) is 0.571. The maximum absolute atomic E-state index is 5.46. The molecule has 0 saturated carbocycles. The van der Waals surface area contributed by atoms with Crippen molar-refractivity contribution < 1.29 is 4.74 Å². The van der Waals surface area contributed by atoms with E-state index in [1.807, 2.05) is 0 Å². The van der Waals surface area contributed by atoms with Crippen molar-refractivity contribution in [3.63, 3.8) is 0 Å². The van der Waals surface area contributed by atoms with Crippen molar-refractivity contribution in [1.82, 2.24) is 0 Å². The lowest BCUT2D eigenvalue weighted by Crippen LogP contribution is -2.13. The lowest BCUT2D eigenvalue weighted by molar-refractivity contribution is 0.396. The molecule has 1 rings (SSSR count). The molecule has 1 heteroatoms. The van der Waals surface area contributed by atoms with Crippen molar-refractivity contribution >= 4 is 0 Å². The Hall–Kier alpha value is -0.980. The largest absolute Gasteiger partial charge is 0.496 e. The summed E-state index contributed by atoms with van der Waals surface area (Å²) in [6, 6.07) is 6.55. The highest BCUT2D eigenvalue weighted by Crippen LogP contribution is 2.33. The molecule has 15 heavy (non-hydrogen) atoms. The zero-order valence-corrected chi connectivity index (χ0v) is 10.7. The van der Waals surface area contributed by atoms with Gasteiger partial charge in [-0.2, -0.15) is 0 Å². The van der Waals surface area contributed by atoms with Crippen LogP contribution < -0.4 is 4.74 Å². The molecule has 0 aliphatic rings. The third-order valence-electron chi connectivity index (χ3n) is 2.70. The molecule has 0 fully saturated rings. The smallest absolute Gasteiger partial charge is 0.122 e. The van der Waals surface area contributed by atoms with Gasteiger partial charge in [0.25, 0.3) is 0 Å². The summed E-state index contributed by atoms with van der Waals surface area (Å²) in [5, 5.41) is 0. The van der Waals surface area contributed by atoms with Gasteiger partial charge in [-0.15, -0.1) is 0 Å². The van der Waals surface area contributed by atoms with Crippen molar-refractivity contribution in [3.8, 4) is 5.75 Å². The van der Waals surface area contributed by atoms with E-state index >= 15 is 0 Å². The van der Waals surface area contributed by atoms with Crippen molar-refractivity contribution in [2.24, 2.45) is 0 Å². The van der Waals surface area contributed by atoms with E-state index in [0.29, 0.717) is 5.92 Å². The normalized spacial score (nSPS) is 11.9. The number of rotatable bonds is 2. The number of methoxy groups -OCH3 is 1. The second kappa shape index (κ2) is 4.26. The summed E-state index contributed by atoms with van der Waals surface area (Å²) < 4.78 is 5.46. The summed E-state index contributed by atoms with van der Waals surface area (Å²) in [6.07, 6.45) is 0. The Labute approximate surface area is 93.5 Å². The molecular formula is C14H22O. The molecule has 84 valence electrons. The molecule has 0 aliphatic heterocycles. The van der Waals surface area contributed by atoms with Crippen molar-refractivity contribution in [1.29, 1.82) is 0 Å². The maximum Gasteiger partial charge on any atom is 0.122 e. The molecule has 1 aromatic rings. The minimum atomic E-state index is 0.140. The topological polar surface area (TPSA) is 9.23 Å². The molecule has 0 unspecified atom stereocenters. The average molecular weight is 206 g/mol. The Morgan fingerprint density at radius 2 is 1.73 bits per heavy atom. The highest BCUT2D eigenvalue weighted by molar-refractivity contribution is 5.42. The molecule has 0 aromatic heterocycles. The van der Waals surface area contributed by atoms with Gasteiger partial charge in [0, 0.05) is 0 Å². The molecule has 0 amide bonds. The molecule has 0 atom stereocenters. The maximum atomic E-state index is 5.46. The van der Waals surface area contributed by atoms with Crippen LogP contribution in [0.5, 0.6) is 5.75 Å². The number of benzene rings is 1. The van der Waals surface area contributed by atoms with E-state index in [1.165, 1.54) is 11.1 Å². The Kier molecular flexibility index (Phi) is 3.43. The van der Waals surface area contributed by atoms with Crippen molar-refractivity contribution in [2.75, 3.05) is 7.11 Å². The summed E-state index contributed by atoms with van der Waals surface area (Å²) in [4.78, 5) is 0. The highest BCUT2D eigenvalue weighted by atomic mass is 16.5. The van der Waals surface area contributed by atoms with E-state index in [1.54, 1.807) is 7.11 Å². The van der Waals surface area contributed by atoms with Crippen molar-refractivity contribution in [3.05, 3.63) is 29.3 Å². The predicted molar refractivity (Wildman–Crippen MR) is 65.8 cm³/mol. The molecule has 0 radical (unpaired) electrons. The predicted octanol–water partition coefficient (Wildman–Crippen LogP) is 4.12. The summed E-state index contributed by atoms with van der Waals surface area (Å²) in [7, 11) is 1.74. The molecule has 0 N–H and O–H groups in total. The second-order valence-electron chi connectivity index (χ2n) is 5.36. The fourth-order valence-electron chi connectivity index (χ4n) is 1.69. The molecular weight excluding hydrogens is 184 g/mol. The zero-order valence-electron chi connectivity index (χ0n) is 10.7. The summed E-state index contributed by atoms with van der Waals surface area (Å²) >= 11 is 0. The Bertz CT molecular complexity index is 332. The molecule has 0 bridgehead atoms. The quantitative estimate of drug-likeness (QED) is 0.707. The SMILES string of the molecule is COc1cc(C(C)C)ccc1C(C)(C)C. The van der Waals surface area contributed by atoms with Crippen LogP contribution in [0.15, 0.2) is 18.2 Å². The molecule has 0 saturated heterocycles. The lowest BCUT2D eigenvalue weighted by Gasteiger charge is -2.23. The second-order valence-corrected chi connectivity index (χ2v) is 5.36. The van der Waals surface area contributed by atoms with E-state index in [4.69, 9.17) is 4.74 Å². The van der Waals surface area contributed by atoms with Gasteiger partial charge in [-0.25, -0.2) is 0 Å². The third-order valence-corrected chi connectivity index (χ3v) is 2.70. The Morgan fingerprint density at radius 3 is 2.13 bits per heavy atom. The van der Waals surface area contributed by atoms with E-state index in [-0.39, 0.29) is 5.41 Å². The van der Waals surface area contributed by atoms with Crippen molar-refractivity contribution in [2.45, 2.75) is 46.0 Å². The average Bonchev–Trinajstić information content (AvgIpc) is 2.15. The minimum absolute atomic E-state index is 0.140. The molecule has 0 aliphatic carbocycles. The van der Waals surface area contributed by atoms with Gasteiger partial charge in [-0.05, 0) is 28.5 Å². The van der Waals surface area contributed by atoms with Crippen LogP contribution in [0.1, 0.15) is 51.7 Å². The molecule has 0 heterocycles. The van der Waals surface area contributed by atoms with Gasteiger partial charge < -0.3 is 4.74 Å². The third kappa shape index (κ3) is 2.74. The fourth-order valence-corrected chi connectivity index (χ4v) is 1.69. The zero-order chi connectivity index (χ0) is 11.6. The van der Waals surface area contributed by atoms with Crippen LogP contribution in [0.4, 0.5) is 0 Å². The Morgan fingerprint density at radius 1 is 1.13 bits per heavy atom. The number of hydrogen-bond donors (Lipinski definition) is 0. The van der Waals surface area contributed by atoms with E-state index in [9.17, 15) is 0 Å². The first kappa shape index (κ1) is 12.1. The number of ether oxygens (including phenoxy) is 1. The first-order valence-electron chi connectivity index (χ1n) is 5.54.